The van der Waals surface area contributed by atoms with Gasteiger partial charge in [0.15, 0.2) is 0 Å². The van der Waals surface area contributed by atoms with E-state index in [1.807, 2.05) is 23.4 Å². The Balaban J connectivity index is 1.61. The zero-order valence-corrected chi connectivity index (χ0v) is 12.3. The number of rotatable bonds is 3. The van der Waals surface area contributed by atoms with Crippen LogP contribution < -0.4 is 0 Å². The first-order valence-electron chi connectivity index (χ1n) is 6.66. The molecule has 3 rings (SSSR count). The summed E-state index contributed by atoms with van der Waals surface area (Å²) in [6.45, 7) is 0.930. The van der Waals surface area contributed by atoms with Crippen molar-refractivity contribution in [2.75, 3.05) is 13.6 Å². The first-order chi connectivity index (χ1) is 8.63. The van der Waals surface area contributed by atoms with Crippen LogP contribution in [0.25, 0.3) is 0 Å². The molecular formula is C14H19NOS2. The quantitative estimate of drug-likeness (QED) is 0.840. The van der Waals surface area contributed by atoms with E-state index in [-0.39, 0.29) is 5.91 Å². The van der Waals surface area contributed by atoms with E-state index in [0.29, 0.717) is 0 Å². The van der Waals surface area contributed by atoms with Gasteiger partial charge in [-0.1, -0.05) is 6.42 Å². The molecule has 1 amide bonds. The molecule has 0 aliphatic heterocycles. The van der Waals surface area contributed by atoms with E-state index in [0.717, 1.165) is 34.1 Å². The van der Waals surface area contributed by atoms with Crippen LogP contribution in [-0.4, -0.2) is 24.4 Å². The van der Waals surface area contributed by atoms with Crippen LogP contribution in [0, 0.1) is 17.8 Å². The smallest absolute Gasteiger partial charge is 0.263 e. The summed E-state index contributed by atoms with van der Waals surface area (Å²) in [7, 11) is 1.94. The molecule has 0 spiro atoms. The van der Waals surface area contributed by atoms with Crippen molar-refractivity contribution in [3.8, 4) is 0 Å². The number of carbonyl (C=O) groups excluding carboxylic acids is 1. The molecule has 1 aromatic heterocycles. The number of nitrogens with zero attached hydrogens (tertiary/aromatic N) is 1. The van der Waals surface area contributed by atoms with Crippen molar-refractivity contribution in [1.29, 1.82) is 0 Å². The van der Waals surface area contributed by atoms with Gasteiger partial charge in [-0.2, -0.15) is 0 Å². The number of hydrogen-bond acceptors (Lipinski definition) is 3. The second-order valence-electron chi connectivity index (χ2n) is 5.79. The Morgan fingerprint density at radius 1 is 1.50 bits per heavy atom. The number of thiol groups is 1. The van der Waals surface area contributed by atoms with Gasteiger partial charge in [-0.05, 0) is 43.1 Å². The summed E-state index contributed by atoms with van der Waals surface area (Å²) in [6.07, 6.45) is 5.56. The molecule has 0 N–H and O–H groups in total. The maximum atomic E-state index is 12.3. The van der Waals surface area contributed by atoms with Crippen molar-refractivity contribution < 1.29 is 4.79 Å². The molecule has 4 heteroatoms. The van der Waals surface area contributed by atoms with Crippen molar-refractivity contribution in [3.63, 3.8) is 0 Å². The summed E-state index contributed by atoms with van der Waals surface area (Å²) in [5, 5.41) is 1.92. The normalized spacial score (nSPS) is 29.8. The van der Waals surface area contributed by atoms with Gasteiger partial charge in [0.2, 0.25) is 0 Å². The van der Waals surface area contributed by atoms with Crippen molar-refractivity contribution in [2.45, 2.75) is 30.6 Å². The summed E-state index contributed by atoms with van der Waals surface area (Å²) >= 11 is 5.75. The Labute approximate surface area is 118 Å². The Kier molecular flexibility index (Phi) is 3.41. The standard InChI is InChI=1S/C14H19NOS2/c1-15(14(16)13-6-12(17)8-18-13)7-11-5-9-2-3-10(11)4-9/h6,8-11,17H,2-5,7H2,1H3. The van der Waals surface area contributed by atoms with Gasteiger partial charge in [-0.25, -0.2) is 0 Å². The van der Waals surface area contributed by atoms with E-state index in [1.165, 1.54) is 37.0 Å². The number of hydrogen-bond donors (Lipinski definition) is 1. The fourth-order valence-corrected chi connectivity index (χ4v) is 4.80. The molecule has 2 aliphatic rings. The minimum atomic E-state index is 0.156. The monoisotopic (exact) mass is 281 g/mol. The molecule has 1 heterocycles. The van der Waals surface area contributed by atoms with Crippen LogP contribution >= 0.6 is 24.0 Å². The summed E-state index contributed by atoms with van der Waals surface area (Å²) in [6, 6.07) is 1.87. The maximum absolute atomic E-state index is 12.3. The molecule has 2 saturated carbocycles. The van der Waals surface area contributed by atoms with E-state index < -0.39 is 0 Å². The predicted octanol–water partition coefficient (Wildman–Crippen LogP) is 3.55. The van der Waals surface area contributed by atoms with Crippen LogP contribution in [0.4, 0.5) is 0 Å². The fourth-order valence-electron chi connectivity index (χ4n) is 3.66. The molecule has 2 nitrogen and oxygen atoms in total. The Hall–Kier alpha value is -0.480. The second kappa shape index (κ2) is 4.89. The molecule has 0 aromatic carbocycles. The van der Waals surface area contributed by atoms with Gasteiger partial charge in [0.1, 0.15) is 0 Å². The Morgan fingerprint density at radius 2 is 2.33 bits per heavy atom. The lowest BCUT2D eigenvalue weighted by Crippen LogP contribution is -2.33. The van der Waals surface area contributed by atoms with E-state index in [9.17, 15) is 4.79 Å². The van der Waals surface area contributed by atoms with Gasteiger partial charge in [0.05, 0.1) is 4.88 Å². The van der Waals surface area contributed by atoms with Gasteiger partial charge in [-0.3, -0.25) is 4.79 Å². The lowest BCUT2D eigenvalue weighted by Gasteiger charge is -2.27. The molecule has 3 atom stereocenters. The Morgan fingerprint density at radius 3 is 2.89 bits per heavy atom. The van der Waals surface area contributed by atoms with Gasteiger partial charge in [0, 0.05) is 23.9 Å². The zero-order valence-electron chi connectivity index (χ0n) is 10.6. The van der Waals surface area contributed by atoms with Crippen LogP contribution in [0.3, 0.4) is 0 Å². The molecule has 18 heavy (non-hydrogen) atoms. The molecule has 1 aromatic rings. The predicted molar refractivity (Wildman–Crippen MR) is 77.5 cm³/mol. The van der Waals surface area contributed by atoms with Crippen molar-refractivity contribution in [2.24, 2.45) is 17.8 Å². The van der Waals surface area contributed by atoms with Crippen LogP contribution in [0.15, 0.2) is 16.3 Å². The molecule has 2 aliphatic carbocycles. The highest BCUT2D eigenvalue weighted by atomic mass is 32.1. The minimum absolute atomic E-state index is 0.156. The van der Waals surface area contributed by atoms with Crippen LogP contribution in [0.2, 0.25) is 0 Å². The first kappa shape index (κ1) is 12.5. The lowest BCUT2D eigenvalue weighted by molar-refractivity contribution is 0.0759. The van der Waals surface area contributed by atoms with E-state index in [2.05, 4.69) is 12.6 Å². The average molecular weight is 281 g/mol. The van der Waals surface area contributed by atoms with Crippen LogP contribution in [-0.2, 0) is 0 Å². The molecule has 3 unspecified atom stereocenters. The second-order valence-corrected chi connectivity index (χ2v) is 7.22. The molecular weight excluding hydrogens is 262 g/mol. The summed E-state index contributed by atoms with van der Waals surface area (Å²) in [4.78, 5) is 15.9. The zero-order chi connectivity index (χ0) is 12.7. The lowest BCUT2D eigenvalue weighted by atomic mass is 9.88. The highest BCUT2D eigenvalue weighted by molar-refractivity contribution is 7.80. The molecule has 98 valence electrons. The van der Waals surface area contributed by atoms with Gasteiger partial charge >= 0.3 is 0 Å². The van der Waals surface area contributed by atoms with Crippen molar-refractivity contribution in [3.05, 3.63) is 16.3 Å². The van der Waals surface area contributed by atoms with Gasteiger partial charge in [-0.15, -0.1) is 24.0 Å². The van der Waals surface area contributed by atoms with E-state index >= 15 is 0 Å². The summed E-state index contributed by atoms with van der Waals surface area (Å²) < 4.78 is 0. The first-order valence-corrected chi connectivity index (χ1v) is 7.99. The number of amides is 1. The number of thiophene rings is 1. The SMILES string of the molecule is CN(CC1CC2CCC1C2)C(=O)c1cc(S)cs1. The molecule has 0 radical (unpaired) electrons. The summed E-state index contributed by atoms with van der Waals surface area (Å²) in [5.74, 6) is 2.74. The van der Waals surface area contributed by atoms with E-state index in [4.69, 9.17) is 0 Å². The number of fused-ring (bicyclic) bond motifs is 2. The van der Waals surface area contributed by atoms with Crippen LogP contribution in [0.1, 0.15) is 35.4 Å². The highest BCUT2D eigenvalue weighted by Gasteiger charge is 2.40. The maximum Gasteiger partial charge on any atom is 0.263 e. The topological polar surface area (TPSA) is 20.3 Å². The van der Waals surface area contributed by atoms with Gasteiger partial charge in [0.25, 0.3) is 5.91 Å². The van der Waals surface area contributed by atoms with Gasteiger partial charge < -0.3 is 4.90 Å². The highest BCUT2D eigenvalue weighted by Crippen LogP contribution is 2.48. The molecule has 2 bridgehead atoms. The number of carbonyl (C=O) groups is 1. The summed E-state index contributed by atoms with van der Waals surface area (Å²) in [5.41, 5.74) is 0. The third-order valence-electron chi connectivity index (χ3n) is 4.54. The third-order valence-corrected chi connectivity index (χ3v) is 5.89. The van der Waals surface area contributed by atoms with Crippen molar-refractivity contribution in [1.82, 2.24) is 4.90 Å². The fraction of sp³-hybridized carbons (Fsp3) is 0.643. The molecule has 2 fully saturated rings. The minimum Gasteiger partial charge on any atom is -0.341 e. The molecule has 0 saturated heterocycles. The van der Waals surface area contributed by atoms with E-state index in [1.54, 1.807) is 0 Å². The third kappa shape index (κ3) is 2.32. The largest absolute Gasteiger partial charge is 0.341 e. The van der Waals surface area contributed by atoms with Crippen molar-refractivity contribution >= 4 is 29.9 Å². The Bertz CT molecular complexity index is 456. The van der Waals surface area contributed by atoms with Crippen LogP contribution in [0.5, 0.6) is 0 Å². The average Bonchev–Trinajstić information content (AvgIpc) is 3.03.